The van der Waals surface area contributed by atoms with E-state index in [2.05, 4.69) is 0 Å². The van der Waals surface area contributed by atoms with Gasteiger partial charge >= 0.3 is 12.4 Å². The lowest BCUT2D eigenvalue weighted by molar-refractivity contribution is -0.288. The number of sulfone groups is 1. The predicted octanol–water partition coefficient (Wildman–Crippen LogP) is 9.68. The summed E-state index contributed by atoms with van der Waals surface area (Å²) in [5, 5.41) is 0. The average Bonchev–Trinajstić information content (AvgIpc) is 2.90. The Balaban J connectivity index is 1.91. The summed E-state index contributed by atoms with van der Waals surface area (Å²) in [5.74, 6) is 0. The van der Waals surface area contributed by atoms with E-state index in [-0.39, 0.29) is 21.8 Å². The van der Waals surface area contributed by atoms with Crippen molar-refractivity contribution in [3.63, 3.8) is 0 Å². The number of hydrogen-bond donors (Lipinski definition) is 0. The molecule has 2 nitrogen and oxygen atoms in total. The van der Waals surface area contributed by atoms with Crippen molar-refractivity contribution in [2.45, 2.75) is 82.4 Å². The summed E-state index contributed by atoms with van der Waals surface area (Å²) >= 11 is 0. The second-order valence-electron chi connectivity index (χ2n) is 11.6. The van der Waals surface area contributed by atoms with Gasteiger partial charge in [-0.1, -0.05) is 42.5 Å². The predicted molar refractivity (Wildman–Crippen MR) is 160 cm³/mol. The molecule has 44 heavy (non-hydrogen) atoms. The molecule has 4 aromatic rings. The molecule has 0 aliphatic carbocycles. The summed E-state index contributed by atoms with van der Waals surface area (Å²) in [6.45, 7) is 11.8. The number of alkyl halides is 6. The van der Waals surface area contributed by atoms with Gasteiger partial charge in [0.25, 0.3) is 0 Å². The zero-order chi connectivity index (χ0) is 33.0. The molecule has 0 atom stereocenters. The van der Waals surface area contributed by atoms with Crippen LogP contribution < -0.4 is 0 Å². The summed E-state index contributed by atoms with van der Waals surface area (Å²) in [6.07, 6.45) is -11.5. The van der Waals surface area contributed by atoms with E-state index in [0.717, 1.165) is 35.4 Å². The first-order valence-corrected chi connectivity index (χ1v) is 15.4. The van der Waals surface area contributed by atoms with Gasteiger partial charge in [-0.15, -0.1) is 0 Å². The SMILES string of the molecule is Cc1ccc(C(c2ccc(C)c(Cc3cc(S(=O)(=O)c4ccc(C)c(C)c4)cc(C)c3C)c2)(C(F)(F)F)C(F)(F)F)cc1C. The molecule has 0 heterocycles. The number of rotatable bonds is 6. The van der Waals surface area contributed by atoms with Crippen molar-refractivity contribution < 1.29 is 34.8 Å². The maximum atomic E-state index is 14.9. The first-order valence-electron chi connectivity index (χ1n) is 14.0. The highest BCUT2D eigenvalue weighted by Crippen LogP contribution is 2.56. The molecule has 0 radical (unpaired) electrons. The molecule has 9 heteroatoms. The third-order valence-corrected chi connectivity index (χ3v) is 10.5. The molecule has 0 aliphatic rings. The Labute approximate surface area is 254 Å². The van der Waals surface area contributed by atoms with E-state index in [1.54, 1.807) is 46.8 Å². The van der Waals surface area contributed by atoms with E-state index in [9.17, 15) is 34.8 Å². The van der Waals surface area contributed by atoms with Crippen molar-refractivity contribution >= 4 is 9.84 Å². The minimum absolute atomic E-state index is 0.00252. The monoisotopic (exact) mass is 632 g/mol. The van der Waals surface area contributed by atoms with Crippen LogP contribution in [0, 0.1) is 48.5 Å². The number of aryl methyl sites for hydroxylation is 6. The normalized spacial score (nSPS) is 12.9. The molecular weight excluding hydrogens is 598 g/mol. The van der Waals surface area contributed by atoms with Crippen molar-refractivity contribution in [1.82, 2.24) is 0 Å². The van der Waals surface area contributed by atoms with Crippen molar-refractivity contribution in [3.05, 3.63) is 128 Å². The van der Waals surface area contributed by atoms with Crippen LogP contribution >= 0.6 is 0 Å². The molecule has 0 aliphatic heterocycles. The summed E-state index contributed by atoms with van der Waals surface area (Å²) < 4.78 is 116. The molecule has 234 valence electrons. The third kappa shape index (κ3) is 5.67. The Morgan fingerprint density at radius 1 is 0.500 bits per heavy atom. The minimum Gasteiger partial charge on any atom is -0.219 e. The fourth-order valence-electron chi connectivity index (χ4n) is 5.51. The second-order valence-corrected chi connectivity index (χ2v) is 13.6. The molecule has 0 fully saturated rings. The lowest BCUT2D eigenvalue weighted by atomic mass is 9.71. The third-order valence-electron chi connectivity index (χ3n) is 8.80. The summed E-state index contributed by atoms with van der Waals surface area (Å²) in [5.41, 5.74) is -1.02. The number of hydrogen-bond acceptors (Lipinski definition) is 2. The molecule has 0 bridgehead atoms. The van der Waals surface area contributed by atoms with Crippen molar-refractivity contribution in [1.29, 1.82) is 0 Å². The van der Waals surface area contributed by atoms with Gasteiger partial charge < -0.3 is 0 Å². The van der Waals surface area contributed by atoms with Gasteiger partial charge in [0, 0.05) is 0 Å². The molecule has 0 amide bonds. The Hall–Kier alpha value is -3.59. The molecule has 0 unspecified atom stereocenters. The molecule has 4 aromatic carbocycles. The highest BCUT2D eigenvalue weighted by atomic mass is 32.2. The topological polar surface area (TPSA) is 34.1 Å². The Kier molecular flexibility index (Phi) is 8.63. The van der Waals surface area contributed by atoms with Crippen LogP contribution in [-0.4, -0.2) is 20.8 Å². The van der Waals surface area contributed by atoms with Gasteiger partial charge in [0.15, 0.2) is 0 Å². The minimum atomic E-state index is -5.72. The van der Waals surface area contributed by atoms with E-state index < -0.39 is 38.7 Å². The molecule has 0 spiro atoms. The Morgan fingerprint density at radius 2 is 0.977 bits per heavy atom. The van der Waals surface area contributed by atoms with Crippen LogP contribution in [-0.2, 0) is 21.7 Å². The van der Waals surface area contributed by atoms with Gasteiger partial charge in [-0.2, -0.15) is 26.3 Å². The van der Waals surface area contributed by atoms with Gasteiger partial charge in [-0.05, 0) is 140 Å². The summed E-state index contributed by atoms with van der Waals surface area (Å²) in [4.78, 5) is 0.101. The van der Waals surface area contributed by atoms with Gasteiger partial charge in [-0.25, -0.2) is 8.42 Å². The maximum absolute atomic E-state index is 14.9. The zero-order valence-corrected chi connectivity index (χ0v) is 26.4. The Bertz CT molecular complexity index is 1840. The van der Waals surface area contributed by atoms with E-state index >= 15 is 0 Å². The van der Waals surface area contributed by atoms with Gasteiger partial charge in [-0.3, -0.25) is 0 Å². The highest BCUT2D eigenvalue weighted by Gasteiger charge is 2.72. The molecule has 4 rings (SSSR count). The molecule has 0 aromatic heterocycles. The molecule has 0 saturated heterocycles. The fourth-order valence-corrected chi connectivity index (χ4v) is 6.99. The molecule has 0 N–H and O–H groups in total. The standard InChI is InChI=1S/C35H34F6O2S/c1-20-8-11-29(14-23(20)4)33(34(36,37)38,35(39,40)41)30-12-9-22(3)27(18-30)17-28-19-32(16-25(6)26(28)7)44(42,43)31-13-10-21(2)24(5)15-31/h8-16,18-19H,17H2,1-7H3. The Morgan fingerprint density at radius 3 is 1.50 bits per heavy atom. The number of benzene rings is 4. The van der Waals surface area contributed by atoms with Gasteiger partial charge in [0.05, 0.1) is 9.79 Å². The van der Waals surface area contributed by atoms with Crippen LogP contribution in [0.3, 0.4) is 0 Å². The number of halogens is 6. The van der Waals surface area contributed by atoms with Crippen molar-refractivity contribution in [3.8, 4) is 0 Å². The zero-order valence-electron chi connectivity index (χ0n) is 25.6. The van der Waals surface area contributed by atoms with Crippen LogP contribution in [0.5, 0.6) is 0 Å². The van der Waals surface area contributed by atoms with Crippen LogP contribution in [0.25, 0.3) is 0 Å². The van der Waals surface area contributed by atoms with Crippen LogP contribution in [0.1, 0.15) is 61.2 Å². The van der Waals surface area contributed by atoms with Gasteiger partial charge in [0.2, 0.25) is 15.3 Å². The van der Waals surface area contributed by atoms with Gasteiger partial charge in [0.1, 0.15) is 0 Å². The smallest absolute Gasteiger partial charge is 0.219 e. The van der Waals surface area contributed by atoms with E-state index in [1.165, 1.54) is 37.3 Å². The first kappa shape index (κ1) is 33.3. The maximum Gasteiger partial charge on any atom is 0.411 e. The lowest BCUT2D eigenvalue weighted by Gasteiger charge is -2.39. The highest BCUT2D eigenvalue weighted by molar-refractivity contribution is 7.91. The van der Waals surface area contributed by atoms with Crippen LogP contribution in [0.2, 0.25) is 0 Å². The van der Waals surface area contributed by atoms with Crippen LogP contribution in [0.4, 0.5) is 26.3 Å². The molecular formula is C35H34F6O2S. The largest absolute Gasteiger partial charge is 0.411 e. The summed E-state index contributed by atoms with van der Waals surface area (Å²) in [6, 6.07) is 14.0. The van der Waals surface area contributed by atoms with E-state index in [0.29, 0.717) is 33.4 Å². The van der Waals surface area contributed by atoms with E-state index in [4.69, 9.17) is 0 Å². The lowest BCUT2D eigenvalue weighted by Crippen LogP contribution is -2.54. The fraction of sp³-hybridized carbons (Fsp3) is 0.314. The van der Waals surface area contributed by atoms with Crippen molar-refractivity contribution in [2.24, 2.45) is 0 Å². The second kappa shape index (κ2) is 11.4. The quantitative estimate of drug-likeness (QED) is 0.198. The van der Waals surface area contributed by atoms with Crippen LogP contribution in [0.15, 0.2) is 76.5 Å². The molecule has 0 saturated carbocycles. The first-order chi connectivity index (χ1) is 20.2. The van der Waals surface area contributed by atoms with E-state index in [1.807, 2.05) is 6.92 Å². The average molecular weight is 633 g/mol. The summed E-state index contributed by atoms with van der Waals surface area (Å²) in [7, 11) is -3.95. The van der Waals surface area contributed by atoms with Crippen molar-refractivity contribution in [2.75, 3.05) is 0 Å².